The van der Waals surface area contributed by atoms with Crippen LogP contribution in [-0.4, -0.2) is 53.7 Å². The Morgan fingerprint density at radius 3 is 2.74 bits per heavy atom. The summed E-state index contributed by atoms with van der Waals surface area (Å²) >= 11 is 7.45. The van der Waals surface area contributed by atoms with Gasteiger partial charge in [0.1, 0.15) is 11.9 Å². The van der Waals surface area contributed by atoms with Crippen LogP contribution < -0.4 is 10.6 Å². The maximum atomic E-state index is 13.4. The summed E-state index contributed by atoms with van der Waals surface area (Å²) in [5.74, 6) is 0.721. The highest BCUT2D eigenvalue weighted by molar-refractivity contribution is 7.12. The van der Waals surface area contributed by atoms with Gasteiger partial charge in [0.2, 0.25) is 5.91 Å². The van der Waals surface area contributed by atoms with Crippen molar-refractivity contribution in [3.05, 3.63) is 45.7 Å². The van der Waals surface area contributed by atoms with Crippen LogP contribution in [0.5, 0.6) is 0 Å². The highest BCUT2D eigenvalue weighted by Gasteiger charge is 2.35. The van der Waals surface area contributed by atoms with Crippen LogP contribution in [0.15, 0.2) is 35.8 Å². The highest BCUT2D eigenvalue weighted by Crippen LogP contribution is 2.31. The number of carbonyl (C=O) groups is 2. The predicted molar refractivity (Wildman–Crippen MR) is 121 cm³/mol. The zero-order chi connectivity index (χ0) is 21.6. The van der Waals surface area contributed by atoms with Crippen LogP contribution in [0, 0.1) is 5.92 Å². The molecule has 0 spiro atoms. The second-order valence-corrected chi connectivity index (χ2v) is 9.48. The summed E-state index contributed by atoms with van der Waals surface area (Å²) in [6, 6.07) is 6.48. The summed E-state index contributed by atoms with van der Waals surface area (Å²) in [4.78, 5) is 33.2. The molecule has 1 aliphatic carbocycles. The molecule has 1 saturated heterocycles. The van der Waals surface area contributed by atoms with Gasteiger partial charge in [0.05, 0.1) is 30.8 Å². The average Bonchev–Trinajstić information content (AvgIpc) is 3.44. The van der Waals surface area contributed by atoms with Crippen molar-refractivity contribution in [2.75, 3.05) is 25.2 Å². The Bertz CT molecular complexity index is 885. The molecule has 1 atom stereocenters. The van der Waals surface area contributed by atoms with Crippen molar-refractivity contribution in [3.8, 4) is 0 Å². The van der Waals surface area contributed by atoms with Crippen LogP contribution in [0.1, 0.15) is 41.8 Å². The molecule has 7 nitrogen and oxygen atoms in total. The van der Waals surface area contributed by atoms with Gasteiger partial charge in [-0.1, -0.05) is 43.4 Å². The molecule has 9 heteroatoms. The normalized spacial score (nSPS) is 17.7. The third-order valence-electron chi connectivity index (χ3n) is 5.84. The van der Waals surface area contributed by atoms with Gasteiger partial charge in [0, 0.05) is 11.2 Å². The zero-order valence-corrected chi connectivity index (χ0v) is 18.8. The zero-order valence-electron chi connectivity index (χ0n) is 17.3. The van der Waals surface area contributed by atoms with Crippen molar-refractivity contribution in [2.24, 2.45) is 5.92 Å². The number of rotatable bonds is 9. The number of thiophene rings is 1. The maximum Gasteiger partial charge on any atom is 0.266 e. The number of hydrogen-bond donors (Lipinski definition) is 2. The Balaban J connectivity index is 1.56. The average molecular weight is 463 g/mol. The first-order valence-electron chi connectivity index (χ1n) is 10.7. The molecule has 2 aromatic rings. The maximum absolute atomic E-state index is 13.4. The number of aromatic nitrogens is 1. The number of nitrogens with zero attached hydrogens (tertiary/aromatic N) is 2. The van der Waals surface area contributed by atoms with E-state index in [2.05, 4.69) is 15.6 Å². The molecular weight excluding hydrogens is 436 g/mol. The van der Waals surface area contributed by atoms with Gasteiger partial charge in [-0.3, -0.25) is 9.59 Å². The van der Waals surface area contributed by atoms with Crippen molar-refractivity contribution < 1.29 is 14.3 Å². The fourth-order valence-electron chi connectivity index (χ4n) is 4.09. The molecule has 1 unspecified atom stereocenters. The summed E-state index contributed by atoms with van der Waals surface area (Å²) in [6.07, 6.45) is 6.82. The van der Waals surface area contributed by atoms with E-state index >= 15 is 0 Å². The van der Waals surface area contributed by atoms with Gasteiger partial charge in [0.15, 0.2) is 0 Å². The molecule has 1 saturated carbocycles. The molecule has 0 radical (unpaired) electrons. The highest BCUT2D eigenvalue weighted by atomic mass is 35.5. The fourth-order valence-corrected chi connectivity index (χ4v) is 4.93. The molecule has 31 heavy (non-hydrogen) atoms. The lowest BCUT2D eigenvalue weighted by Crippen LogP contribution is -2.57. The molecule has 1 aliphatic heterocycles. The molecule has 2 amide bonds. The smallest absolute Gasteiger partial charge is 0.266 e. The Hall–Kier alpha value is -2.16. The molecule has 0 aromatic carbocycles. The number of anilines is 1. The number of ether oxygens (including phenoxy) is 1. The summed E-state index contributed by atoms with van der Waals surface area (Å²) in [5, 5.41) is 8.66. The topological polar surface area (TPSA) is 83.6 Å². The van der Waals surface area contributed by atoms with E-state index in [1.54, 1.807) is 29.3 Å². The lowest BCUT2D eigenvalue weighted by atomic mass is 9.96. The summed E-state index contributed by atoms with van der Waals surface area (Å²) in [7, 11) is 0. The standard InChI is InChI=1S/C22H27ClN4O3S/c23-16-7-8-24-20(11-16)25-14-27(22(29)19-6-3-9-31-19)18(10-15-4-1-2-5-15)21(28)26-17-12-30-13-17/h3,6-9,11,15,17-18H,1-2,4-5,10,12-14H2,(H,24,25)(H,26,28). The third-order valence-corrected chi connectivity index (χ3v) is 6.93. The van der Waals surface area contributed by atoms with Gasteiger partial charge >= 0.3 is 0 Å². The number of carbonyl (C=O) groups excluding carboxylic acids is 2. The Morgan fingerprint density at radius 2 is 2.10 bits per heavy atom. The Morgan fingerprint density at radius 1 is 1.29 bits per heavy atom. The van der Waals surface area contributed by atoms with Crippen molar-refractivity contribution in [1.29, 1.82) is 0 Å². The Kier molecular flexibility index (Phi) is 7.42. The molecule has 2 aliphatic rings. The van der Waals surface area contributed by atoms with Crippen LogP contribution in [-0.2, 0) is 9.53 Å². The molecule has 2 fully saturated rings. The van der Waals surface area contributed by atoms with Crippen molar-refractivity contribution >= 4 is 40.6 Å². The van der Waals surface area contributed by atoms with E-state index in [-0.39, 0.29) is 24.5 Å². The number of pyridine rings is 1. The van der Waals surface area contributed by atoms with E-state index in [0.29, 0.717) is 41.3 Å². The lowest BCUT2D eigenvalue weighted by molar-refractivity contribution is -0.130. The second-order valence-electron chi connectivity index (χ2n) is 8.09. The van der Waals surface area contributed by atoms with Crippen LogP contribution >= 0.6 is 22.9 Å². The van der Waals surface area contributed by atoms with E-state index in [1.807, 2.05) is 11.4 Å². The monoisotopic (exact) mass is 462 g/mol. The molecule has 2 N–H and O–H groups in total. The molecule has 3 heterocycles. The van der Waals surface area contributed by atoms with Gasteiger partial charge in [-0.15, -0.1) is 11.3 Å². The minimum Gasteiger partial charge on any atom is -0.377 e. The van der Waals surface area contributed by atoms with Crippen molar-refractivity contribution in [1.82, 2.24) is 15.2 Å². The molecule has 166 valence electrons. The predicted octanol–water partition coefficient (Wildman–Crippen LogP) is 3.77. The SMILES string of the molecule is O=C(NC1COC1)C(CC1CCCC1)N(CNc1cc(Cl)ccn1)C(=O)c1cccs1. The van der Waals surface area contributed by atoms with Crippen LogP contribution in [0.25, 0.3) is 0 Å². The van der Waals surface area contributed by atoms with Crippen LogP contribution in [0.4, 0.5) is 5.82 Å². The molecule has 4 rings (SSSR count). The van der Waals surface area contributed by atoms with E-state index in [1.165, 1.54) is 24.2 Å². The molecular formula is C22H27ClN4O3S. The van der Waals surface area contributed by atoms with Gasteiger partial charge in [0.25, 0.3) is 5.91 Å². The van der Waals surface area contributed by atoms with Crippen molar-refractivity contribution in [3.63, 3.8) is 0 Å². The number of halogens is 1. The summed E-state index contributed by atoms with van der Waals surface area (Å²) in [6.45, 7) is 1.20. The van der Waals surface area contributed by atoms with E-state index < -0.39 is 6.04 Å². The van der Waals surface area contributed by atoms with E-state index in [4.69, 9.17) is 16.3 Å². The van der Waals surface area contributed by atoms with E-state index in [0.717, 1.165) is 12.8 Å². The third kappa shape index (κ3) is 5.75. The first-order valence-corrected chi connectivity index (χ1v) is 11.9. The molecule has 0 bridgehead atoms. The second kappa shape index (κ2) is 10.4. The fraction of sp³-hybridized carbons (Fsp3) is 0.500. The number of amides is 2. The van der Waals surface area contributed by atoms with E-state index in [9.17, 15) is 9.59 Å². The summed E-state index contributed by atoms with van der Waals surface area (Å²) < 4.78 is 5.21. The first-order chi connectivity index (χ1) is 15.1. The molecule has 2 aromatic heterocycles. The van der Waals surface area contributed by atoms with Gasteiger partial charge < -0.3 is 20.3 Å². The van der Waals surface area contributed by atoms with Gasteiger partial charge in [-0.25, -0.2) is 4.98 Å². The first kappa shape index (κ1) is 22.0. The van der Waals surface area contributed by atoms with Crippen LogP contribution in [0.2, 0.25) is 5.02 Å². The number of hydrogen-bond acceptors (Lipinski definition) is 6. The van der Waals surface area contributed by atoms with Crippen molar-refractivity contribution in [2.45, 2.75) is 44.2 Å². The van der Waals surface area contributed by atoms with Gasteiger partial charge in [-0.2, -0.15) is 0 Å². The largest absolute Gasteiger partial charge is 0.377 e. The minimum atomic E-state index is -0.565. The van der Waals surface area contributed by atoms with Gasteiger partial charge in [-0.05, 0) is 35.9 Å². The minimum absolute atomic E-state index is 0.0137. The van der Waals surface area contributed by atoms with Crippen LogP contribution in [0.3, 0.4) is 0 Å². The lowest BCUT2D eigenvalue weighted by Gasteiger charge is -2.35. The summed E-state index contributed by atoms with van der Waals surface area (Å²) in [5.41, 5.74) is 0. The number of nitrogens with one attached hydrogen (secondary N) is 2. The quantitative estimate of drug-likeness (QED) is 0.554. The Labute approximate surface area is 191 Å².